The predicted molar refractivity (Wildman–Crippen MR) is 108 cm³/mol. The Morgan fingerprint density at radius 1 is 1.07 bits per heavy atom. The Balaban J connectivity index is 1.67. The number of methoxy groups -OCH3 is 3. The molecule has 4 rings (SSSR count). The summed E-state index contributed by atoms with van der Waals surface area (Å²) in [5.74, 6) is 1.71. The number of nitrogens with one attached hydrogen (secondary N) is 1. The van der Waals surface area contributed by atoms with Gasteiger partial charge < -0.3 is 19.5 Å². The number of aromatic nitrogens is 4. The maximum atomic E-state index is 5.45. The van der Waals surface area contributed by atoms with Crippen LogP contribution in [-0.2, 0) is 6.54 Å². The first-order valence-corrected chi connectivity index (χ1v) is 9.33. The minimum Gasteiger partial charge on any atom is -0.493 e. The molecule has 0 saturated carbocycles. The maximum Gasteiger partial charge on any atom is 0.214 e. The van der Waals surface area contributed by atoms with E-state index in [4.69, 9.17) is 14.2 Å². The number of hydrogen-bond acceptors (Lipinski definition) is 8. The summed E-state index contributed by atoms with van der Waals surface area (Å²) in [7, 11) is 4.77. The fourth-order valence-corrected chi connectivity index (χ4v) is 3.64. The monoisotopic (exact) mass is 397 g/mol. The van der Waals surface area contributed by atoms with Gasteiger partial charge in [-0.2, -0.15) is 0 Å². The molecule has 8 nitrogen and oxygen atoms in total. The molecule has 4 aromatic rings. The second kappa shape index (κ2) is 7.73. The van der Waals surface area contributed by atoms with Crippen molar-refractivity contribution >= 4 is 21.4 Å². The largest absolute Gasteiger partial charge is 0.493 e. The molecule has 1 aromatic carbocycles. The number of nitrogens with zero attached hydrogens (tertiary/aromatic N) is 4. The van der Waals surface area contributed by atoms with Gasteiger partial charge in [0.1, 0.15) is 0 Å². The van der Waals surface area contributed by atoms with E-state index in [0.717, 1.165) is 26.9 Å². The Bertz CT molecular complexity index is 1070. The summed E-state index contributed by atoms with van der Waals surface area (Å²) in [4.78, 5) is 9.39. The number of rotatable bonds is 7. The van der Waals surface area contributed by atoms with Crippen LogP contribution in [-0.4, -0.2) is 40.9 Å². The number of pyridine rings is 1. The predicted octanol–water partition coefficient (Wildman–Crippen LogP) is 3.49. The lowest BCUT2D eigenvalue weighted by Crippen LogP contribution is -2.00. The number of anilines is 1. The van der Waals surface area contributed by atoms with E-state index in [9.17, 15) is 0 Å². The van der Waals surface area contributed by atoms with Gasteiger partial charge in [0, 0.05) is 24.5 Å². The number of hydrogen-bond donors (Lipinski definition) is 1. The van der Waals surface area contributed by atoms with E-state index >= 15 is 0 Å². The number of ether oxygens (including phenoxy) is 3. The molecule has 1 N–H and O–H groups in total. The van der Waals surface area contributed by atoms with Crippen LogP contribution in [0.25, 0.3) is 16.2 Å². The Labute approximate surface area is 165 Å². The van der Waals surface area contributed by atoms with Crippen LogP contribution in [0.2, 0.25) is 0 Å². The lowest BCUT2D eigenvalue weighted by Gasteiger charge is -2.13. The maximum absolute atomic E-state index is 5.45. The van der Waals surface area contributed by atoms with E-state index in [2.05, 4.69) is 20.4 Å². The quantitative estimate of drug-likeness (QED) is 0.511. The van der Waals surface area contributed by atoms with Gasteiger partial charge in [0.2, 0.25) is 15.8 Å². The van der Waals surface area contributed by atoms with Crippen molar-refractivity contribution in [1.82, 2.24) is 19.6 Å². The number of imidazole rings is 1. The summed E-state index contributed by atoms with van der Waals surface area (Å²) in [6.45, 7) is 0.643. The summed E-state index contributed by atoms with van der Waals surface area (Å²) < 4.78 is 18.1. The molecule has 0 aliphatic heterocycles. The van der Waals surface area contributed by atoms with Crippen LogP contribution in [0.1, 0.15) is 5.56 Å². The summed E-state index contributed by atoms with van der Waals surface area (Å²) >= 11 is 1.48. The molecule has 3 heterocycles. The molecule has 0 atom stereocenters. The first-order valence-electron chi connectivity index (χ1n) is 8.51. The first kappa shape index (κ1) is 18.1. The highest BCUT2D eigenvalue weighted by atomic mass is 32.1. The van der Waals surface area contributed by atoms with Gasteiger partial charge in [-0.15, -0.1) is 5.10 Å². The highest BCUT2D eigenvalue weighted by molar-refractivity contribution is 7.20. The van der Waals surface area contributed by atoms with E-state index < -0.39 is 0 Å². The van der Waals surface area contributed by atoms with E-state index in [1.165, 1.54) is 11.3 Å². The Kier molecular flexibility index (Phi) is 4.98. The SMILES string of the molecule is COc1cc(-c2cnc3sc(NCc4cccnc4)nn23)cc(OC)c1OC. The normalized spacial score (nSPS) is 10.8. The van der Waals surface area contributed by atoms with Crippen molar-refractivity contribution < 1.29 is 14.2 Å². The zero-order valence-corrected chi connectivity index (χ0v) is 16.5. The van der Waals surface area contributed by atoms with Crippen molar-refractivity contribution in [2.24, 2.45) is 0 Å². The van der Waals surface area contributed by atoms with Gasteiger partial charge >= 0.3 is 0 Å². The van der Waals surface area contributed by atoms with Gasteiger partial charge in [0.05, 0.1) is 33.2 Å². The Morgan fingerprint density at radius 2 is 1.86 bits per heavy atom. The lowest BCUT2D eigenvalue weighted by atomic mass is 10.1. The van der Waals surface area contributed by atoms with Crippen LogP contribution in [0.3, 0.4) is 0 Å². The first-order chi connectivity index (χ1) is 13.7. The number of benzene rings is 1. The summed E-state index contributed by atoms with van der Waals surface area (Å²) in [5.41, 5.74) is 2.78. The van der Waals surface area contributed by atoms with E-state index in [0.29, 0.717) is 23.8 Å². The molecule has 0 radical (unpaired) electrons. The van der Waals surface area contributed by atoms with Crippen molar-refractivity contribution in [2.75, 3.05) is 26.6 Å². The third-order valence-electron chi connectivity index (χ3n) is 4.21. The second-order valence-corrected chi connectivity index (χ2v) is 6.83. The Morgan fingerprint density at radius 3 is 2.50 bits per heavy atom. The molecule has 0 fully saturated rings. The van der Waals surface area contributed by atoms with E-state index in [1.807, 2.05) is 30.5 Å². The molecular weight excluding hydrogens is 378 g/mol. The van der Waals surface area contributed by atoms with Gasteiger partial charge in [-0.05, 0) is 23.8 Å². The van der Waals surface area contributed by atoms with Gasteiger partial charge in [0.25, 0.3) is 0 Å². The summed E-state index contributed by atoms with van der Waals surface area (Å²) in [5, 5.41) is 8.74. The molecule has 3 aromatic heterocycles. The fraction of sp³-hybridized carbons (Fsp3) is 0.211. The van der Waals surface area contributed by atoms with Crippen molar-refractivity contribution in [3.63, 3.8) is 0 Å². The number of fused-ring (bicyclic) bond motifs is 1. The molecule has 0 unspecified atom stereocenters. The third kappa shape index (κ3) is 3.31. The molecule has 0 saturated heterocycles. The van der Waals surface area contributed by atoms with Crippen LogP contribution in [0, 0.1) is 0 Å². The second-order valence-electron chi connectivity index (χ2n) is 5.87. The highest BCUT2D eigenvalue weighted by Crippen LogP contribution is 2.41. The van der Waals surface area contributed by atoms with Crippen molar-refractivity contribution in [3.05, 3.63) is 48.4 Å². The highest BCUT2D eigenvalue weighted by Gasteiger charge is 2.18. The summed E-state index contributed by atoms with van der Waals surface area (Å²) in [6, 6.07) is 7.69. The van der Waals surface area contributed by atoms with Gasteiger partial charge in [-0.3, -0.25) is 4.98 Å². The molecule has 0 aliphatic carbocycles. The van der Waals surface area contributed by atoms with Crippen molar-refractivity contribution in [1.29, 1.82) is 0 Å². The minimum absolute atomic E-state index is 0.548. The zero-order valence-electron chi connectivity index (χ0n) is 15.7. The lowest BCUT2D eigenvalue weighted by molar-refractivity contribution is 0.324. The van der Waals surface area contributed by atoms with Crippen molar-refractivity contribution in [3.8, 4) is 28.5 Å². The third-order valence-corrected chi connectivity index (χ3v) is 5.09. The molecule has 9 heteroatoms. The van der Waals surface area contributed by atoms with Crippen LogP contribution in [0.4, 0.5) is 5.13 Å². The van der Waals surface area contributed by atoms with Crippen LogP contribution < -0.4 is 19.5 Å². The minimum atomic E-state index is 0.548. The van der Waals surface area contributed by atoms with Crippen molar-refractivity contribution in [2.45, 2.75) is 6.54 Å². The van der Waals surface area contributed by atoms with E-state index in [-0.39, 0.29) is 0 Å². The molecule has 144 valence electrons. The fourth-order valence-electron chi connectivity index (χ4n) is 2.87. The van der Waals surface area contributed by atoms with Gasteiger partial charge in [-0.1, -0.05) is 17.4 Å². The average molecular weight is 397 g/mol. The molecule has 28 heavy (non-hydrogen) atoms. The van der Waals surface area contributed by atoms with Gasteiger partial charge in [-0.25, -0.2) is 9.50 Å². The molecule has 0 aliphatic rings. The molecule has 0 bridgehead atoms. The topological polar surface area (TPSA) is 82.8 Å². The standard InChI is InChI=1S/C19H19N5O3S/c1-25-15-7-13(8-16(26-2)17(15)27-3)14-11-22-19-24(14)23-18(28-19)21-10-12-5-4-6-20-9-12/h4-9,11H,10H2,1-3H3,(H,21,23). The van der Waals surface area contributed by atoms with Gasteiger partial charge in [0.15, 0.2) is 11.5 Å². The molecular formula is C19H19N5O3S. The average Bonchev–Trinajstić information content (AvgIpc) is 3.32. The Hall–Kier alpha value is -3.33. The molecule has 0 amide bonds. The smallest absolute Gasteiger partial charge is 0.214 e. The van der Waals surface area contributed by atoms with Crippen LogP contribution in [0.15, 0.2) is 42.9 Å². The molecule has 0 spiro atoms. The summed E-state index contributed by atoms with van der Waals surface area (Å²) in [6.07, 6.45) is 5.36. The van der Waals surface area contributed by atoms with E-state index in [1.54, 1.807) is 38.2 Å². The zero-order chi connectivity index (χ0) is 19.5. The van der Waals surface area contributed by atoms with Crippen LogP contribution >= 0.6 is 11.3 Å². The van der Waals surface area contributed by atoms with Crippen LogP contribution in [0.5, 0.6) is 17.2 Å².